The topological polar surface area (TPSA) is 35.5 Å². The van der Waals surface area contributed by atoms with E-state index >= 15 is 0 Å². The first-order chi connectivity index (χ1) is 9.84. The lowest BCUT2D eigenvalue weighted by molar-refractivity contribution is -0.0208. The molecule has 2 aromatic carbocycles. The highest BCUT2D eigenvalue weighted by Crippen LogP contribution is 2.22. The molecule has 2 N–H and O–H groups in total. The van der Waals surface area contributed by atoms with Crippen LogP contribution in [-0.4, -0.2) is 35.9 Å². The Labute approximate surface area is 120 Å². The van der Waals surface area contributed by atoms with Gasteiger partial charge in [0.25, 0.3) is 0 Å². The van der Waals surface area contributed by atoms with Crippen molar-refractivity contribution in [3.63, 3.8) is 0 Å². The van der Waals surface area contributed by atoms with Gasteiger partial charge < -0.3 is 10.4 Å². The second-order valence-electron chi connectivity index (χ2n) is 5.47. The van der Waals surface area contributed by atoms with Crippen LogP contribution in [0.2, 0.25) is 0 Å². The molecule has 0 amide bonds. The van der Waals surface area contributed by atoms with Gasteiger partial charge in [0, 0.05) is 30.7 Å². The number of benzene rings is 2. The van der Waals surface area contributed by atoms with Crippen LogP contribution in [0.4, 0.5) is 5.69 Å². The molecule has 106 valence electrons. The third-order valence-electron chi connectivity index (χ3n) is 4.08. The molecule has 1 saturated heterocycles. The molecule has 3 nitrogen and oxygen atoms in total. The lowest BCUT2D eigenvalue weighted by Gasteiger charge is -2.32. The van der Waals surface area contributed by atoms with Crippen LogP contribution < -0.4 is 5.32 Å². The van der Waals surface area contributed by atoms with Gasteiger partial charge in [-0.3, -0.25) is 4.90 Å². The van der Waals surface area contributed by atoms with Gasteiger partial charge in [-0.2, -0.15) is 0 Å². The largest absolute Gasteiger partial charge is 0.383 e. The van der Waals surface area contributed by atoms with Gasteiger partial charge in [-0.05, 0) is 30.7 Å². The zero-order valence-corrected chi connectivity index (χ0v) is 11.8. The smallest absolute Gasteiger partial charge is 0.107 e. The third kappa shape index (κ3) is 2.94. The number of hydrogen-bond acceptors (Lipinski definition) is 3. The minimum atomic E-state index is -0.252. The lowest BCUT2D eigenvalue weighted by atomic mass is 10.1. The predicted molar refractivity (Wildman–Crippen MR) is 83.9 cm³/mol. The molecule has 1 aliphatic heterocycles. The SMILES string of the molecule is O[C@@H]1CCCCN1CCNc1cccc2ccccc12. The molecule has 1 fully saturated rings. The highest BCUT2D eigenvalue weighted by molar-refractivity contribution is 5.93. The number of piperidine rings is 1. The van der Waals surface area contributed by atoms with Gasteiger partial charge in [0.15, 0.2) is 0 Å². The number of anilines is 1. The highest BCUT2D eigenvalue weighted by atomic mass is 16.3. The Kier molecular flexibility index (Phi) is 4.19. The van der Waals surface area contributed by atoms with Crippen molar-refractivity contribution in [3.05, 3.63) is 42.5 Å². The maximum atomic E-state index is 9.94. The Hall–Kier alpha value is -1.58. The van der Waals surface area contributed by atoms with Gasteiger partial charge in [-0.1, -0.05) is 36.4 Å². The van der Waals surface area contributed by atoms with Gasteiger partial charge in [0.05, 0.1) is 0 Å². The molecule has 3 rings (SSSR count). The van der Waals surface area contributed by atoms with Crippen LogP contribution in [0.5, 0.6) is 0 Å². The van der Waals surface area contributed by atoms with E-state index in [0.717, 1.165) is 32.5 Å². The normalized spacial score (nSPS) is 20.1. The molecular weight excluding hydrogens is 248 g/mol. The highest BCUT2D eigenvalue weighted by Gasteiger charge is 2.18. The molecule has 0 unspecified atom stereocenters. The van der Waals surface area contributed by atoms with Crippen molar-refractivity contribution in [1.82, 2.24) is 4.90 Å². The van der Waals surface area contributed by atoms with Crippen molar-refractivity contribution < 1.29 is 5.11 Å². The summed E-state index contributed by atoms with van der Waals surface area (Å²) in [4.78, 5) is 2.17. The van der Waals surface area contributed by atoms with Gasteiger partial charge in [-0.25, -0.2) is 0 Å². The first kappa shape index (κ1) is 13.4. The molecule has 1 aliphatic rings. The molecule has 0 aromatic heterocycles. The van der Waals surface area contributed by atoms with Crippen LogP contribution in [-0.2, 0) is 0 Å². The molecule has 1 atom stereocenters. The first-order valence-electron chi connectivity index (χ1n) is 7.48. The number of hydrogen-bond donors (Lipinski definition) is 2. The summed E-state index contributed by atoms with van der Waals surface area (Å²) in [7, 11) is 0. The summed E-state index contributed by atoms with van der Waals surface area (Å²) in [6, 6.07) is 14.8. The van der Waals surface area contributed by atoms with Crippen molar-refractivity contribution >= 4 is 16.5 Å². The molecule has 3 heteroatoms. The summed E-state index contributed by atoms with van der Waals surface area (Å²) in [6.07, 6.45) is 3.01. The van der Waals surface area contributed by atoms with Crippen molar-refractivity contribution in [2.24, 2.45) is 0 Å². The Morgan fingerprint density at radius 2 is 1.95 bits per heavy atom. The molecule has 0 radical (unpaired) electrons. The average molecular weight is 270 g/mol. The zero-order chi connectivity index (χ0) is 13.8. The van der Waals surface area contributed by atoms with E-state index in [1.807, 2.05) is 0 Å². The number of aliphatic hydroxyl groups is 1. The molecule has 0 saturated carbocycles. The predicted octanol–water partition coefficient (Wildman–Crippen LogP) is 3.06. The molecular formula is C17H22N2O. The fourth-order valence-electron chi connectivity index (χ4n) is 2.95. The Balaban J connectivity index is 1.62. The minimum absolute atomic E-state index is 0.252. The van der Waals surface area contributed by atoms with E-state index in [9.17, 15) is 5.11 Å². The Morgan fingerprint density at radius 3 is 2.85 bits per heavy atom. The van der Waals surface area contributed by atoms with E-state index in [1.165, 1.54) is 22.9 Å². The number of nitrogens with zero attached hydrogens (tertiary/aromatic N) is 1. The van der Waals surface area contributed by atoms with Crippen molar-refractivity contribution in [1.29, 1.82) is 0 Å². The Morgan fingerprint density at radius 1 is 1.10 bits per heavy atom. The maximum absolute atomic E-state index is 9.94. The van der Waals surface area contributed by atoms with Gasteiger partial charge in [0.1, 0.15) is 6.23 Å². The second kappa shape index (κ2) is 6.25. The van der Waals surface area contributed by atoms with Gasteiger partial charge in [-0.15, -0.1) is 0 Å². The van der Waals surface area contributed by atoms with E-state index in [-0.39, 0.29) is 6.23 Å². The lowest BCUT2D eigenvalue weighted by Crippen LogP contribution is -2.41. The summed E-state index contributed by atoms with van der Waals surface area (Å²) < 4.78 is 0. The number of nitrogens with one attached hydrogen (secondary N) is 1. The van der Waals surface area contributed by atoms with Gasteiger partial charge in [0.2, 0.25) is 0 Å². The van der Waals surface area contributed by atoms with Crippen molar-refractivity contribution in [3.8, 4) is 0 Å². The summed E-state index contributed by atoms with van der Waals surface area (Å²) in [5, 5.41) is 16.0. The second-order valence-corrected chi connectivity index (χ2v) is 5.47. The zero-order valence-electron chi connectivity index (χ0n) is 11.8. The fraction of sp³-hybridized carbons (Fsp3) is 0.412. The molecule has 0 spiro atoms. The number of fused-ring (bicyclic) bond motifs is 1. The van der Waals surface area contributed by atoms with E-state index in [1.54, 1.807) is 0 Å². The van der Waals surface area contributed by atoms with Crippen LogP contribution >= 0.6 is 0 Å². The number of rotatable bonds is 4. The summed E-state index contributed by atoms with van der Waals surface area (Å²) in [5.74, 6) is 0. The molecule has 2 aromatic rings. The molecule has 0 bridgehead atoms. The van der Waals surface area contributed by atoms with E-state index in [2.05, 4.69) is 52.7 Å². The van der Waals surface area contributed by atoms with Crippen LogP contribution in [0.3, 0.4) is 0 Å². The van der Waals surface area contributed by atoms with Crippen molar-refractivity contribution in [2.45, 2.75) is 25.5 Å². The summed E-state index contributed by atoms with van der Waals surface area (Å²) in [5.41, 5.74) is 1.18. The van der Waals surface area contributed by atoms with Crippen LogP contribution in [0.1, 0.15) is 19.3 Å². The summed E-state index contributed by atoms with van der Waals surface area (Å²) in [6.45, 7) is 2.77. The first-order valence-corrected chi connectivity index (χ1v) is 7.48. The number of aliphatic hydroxyl groups excluding tert-OH is 1. The fourth-order valence-corrected chi connectivity index (χ4v) is 2.95. The molecule has 1 heterocycles. The quantitative estimate of drug-likeness (QED) is 0.896. The molecule has 0 aliphatic carbocycles. The van der Waals surface area contributed by atoms with E-state index < -0.39 is 0 Å². The van der Waals surface area contributed by atoms with Crippen LogP contribution in [0.25, 0.3) is 10.8 Å². The van der Waals surface area contributed by atoms with Crippen LogP contribution in [0, 0.1) is 0 Å². The minimum Gasteiger partial charge on any atom is -0.383 e. The monoisotopic (exact) mass is 270 g/mol. The number of likely N-dealkylation sites (tertiary alicyclic amines) is 1. The van der Waals surface area contributed by atoms with Crippen molar-refractivity contribution in [2.75, 3.05) is 25.0 Å². The van der Waals surface area contributed by atoms with Crippen LogP contribution in [0.15, 0.2) is 42.5 Å². The van der Waals surface area contributed by atoms with Gasteiger partial charge >= 0.3 is 0 Å². The maximum Gasteiger partial charge on any atom is 0.107 e. The standard InChI is InChI=1S/C17H22N2O/c20-17-10-3-4-12-19(17)13-11-18-16-9-5-7-14-6-1-2-8-15(14)16/h1-2,5-9,17-18,20H,3-4,10-13H2/t17-/m1/s1. The third-order valence-corrected chi connectivity index (χ3v) is 4.08. The van der Waals surface area contributed by atoms with E-state index in [4.69, 9.17) is 0 Å². The van der Waals surface area contributed by atoms with E-state index in [0.29, 0.717) is 0 Å². The average Bonchev–Trinajstić information content (AvgIpc) is 2.49. The Bertz CT molecular complexity index is 564. The molecule has 20 heavy (non-hydrogen) atoms. The summed E-state index contributed by atoms with van der Waals surface area (Å²) >= 11 is 0.